The molecule has 0 saturated carbocycles. The molecule has 0 bridgehead atoms. The third-order valence-corrected chi connectivity index (χ3v) is 7.32. The van der Waals surface area contributed by atoms with Crippen molar-refractivity contribution in [2.45, 2.75) is 59.4 Å². The third-order valence-electron chi connectivity index (χ3n) is 7.32. The molecule has 1 atom stereocenters. The van der Waals surface area contributed by atoms with Gasteiger partial charge >= 0.3 is 0 Å². The van der Waals surface area contributed by atoms with Gasteiger partial charge in [0.2, 0.25) is 0 Å². The largest absolute Gasteiger partial charge is 0.495 e. The highest BCUT2D eigenvalue weighted by atomic mass is 19.1. The SMILES string of the molecule is CCC(C)=C1C(=Cc2ccc(-n3cnc(C)c3)c(OC)c2)CCCN1N(C)C(CC)c1ccc(F)cc1. The number of piperidine rings is 1. The number of allylic oxidation sites excluding steroid dienone is 2. The smallest absolute Gasteiger partial charge is 0.143 e. The molecule has 5 nitrogen and oxygen atoms in total. The van der Waals surface area contributed by atoms with Crippen molar-refractivity contribution < 1.29 is 9.13 Å². The Morgan fingerprint density at radius 3 is 2.57 bits per heavy atom. The molecule has 0 spiro atoms. The van der Waals surface area contributed by atoms with Crippen molar-refractivity contribution in [3.63, 3.8) is 0 Å². The van der Waals surface area contributed by atoms with Gasteiger partial charge < -0.3 is 14.3 Å². The molecule has 196 valence electrons. The number of rotatable bonds is 8. The molecule has 0 aliphatic carbocycles. The zero-order valence-electron chi connectivity index (χ0n) is 23.0. The Morgan fingerprint density at radius 1 is 1.19 bits per heavy atom. The summed E-state index contributed by atoms with van der Waals surface area (Å²) in [6.45, 7) is 9.59. The third kappa shape index (κ3) is 5.80. The van der Waals surface area contributed by atoms with Gasteiger partial charge in [-0.3, -0.25) is 0 Å². The first-order chi connectivity index (χ1) is 17.9. The van der Waals surface area contributed by atoms with Crippen LogP contribution >= 0.6 is 0 Å². The molecule has 0 amide bonds. The number of nitrogens with zero attached hydrogens (tertiary/aromatic N) is 4. The summed E-state index contributed by atoms with van der Waals surface area (Å²) in [5, 5.41) is 4.78. The molecule has 1 saturated heterocycles. The monoisotopic (exact) mass is 502 g/mol. The molecule has 0 N–H and O–H groups in total. The molecule has 1 fully saturated rings. The van der Waals surface area contributed by atoms with E-state index >= 15 is 0 Å². The number of imidazole rings is 1. The summed E-state index contributed by atoms with van der Waals surface area (Å²) in [6, 6.07) is 13.4. The molecule has 3 aromatic rings. The second kappa shape index (κ2) is 11.8. The molecular weight excluding hydrogens is 463 g/mol. The topological polar surface area (TPSA) is 33.5 Å². The molecule has 1 aromatic heterocycles. The number of hydrogen-bond acceptors (Lipinski definition) is 4. The molecular formula is C31H39FN4O. The van der Waals surface area contributed by atoms with Crippen molar-refractivity contribution in [3.05, 3.63) is 94.5 Å². The normalized spacial score (nSPS) is 17.4. The molecule has 1 unspecified atom stereocenters. The maximum atomic E-state index is 13.6. The number of hydrogen-bond donors (Lipinski definition) is 0. The Hall–Kier alpha value is -3.38. The van der Waals surface area contributed by atoms with E-state index in [1.54, 1.807) is 19.2 Å². The van der Waals surface area contributed by atoms with Crippen LogP contribution in [-0.2, 0) is 0 Å². The number of aryl methyl sites for hydroxylation is 1. The summed E-state index contributed by atoms with van der Waals surface area (Å²) in [6.07, 6.45) is 10.1. The van der Waals surface area contributed by atoms with Gasteiger partial charge in [-0.25, -0.2) is 14.4 Å². The Balaban J connectivity index is 1.69. The fourth-order valence-electron chi connectivity index (χ4n) is 5.25. The lowest BCUT2D eigenvalue weighted by molar-refractivity contribution is -0.0146. The highest BCUT2D eigenvalue weighted by molar-refractivity contribution is 5.63. The second-order valence-electron chi connectivity index (χ2n) is 9.78. The van der Waals surface area contributed by atoms with Crippen LogP contribution in [0.4, 0.5) is 4.39 Å². The number of hydrazine groups is 1. The summed E-state index contributed by atoms with van der Waals surface area (Å²) >= 11 is 0. The van der Waals surface area contributed by atoms with Crippen molar-refractivity contribution in [2.75, 3.05) is 20.7 Å². The van der Waals surface area contributed by atoms with E-state index in [9.17, 15) is 4.39 Å². The van der Waals surface area contributed by atoms with Crippen molar-refractivity contribution >= 4 is 6.08 Å². The zero-order valence-corrected chi connectivity index (χ0v) is 23.0. The first-order valence-corrected chi connectivity index (χ1v) is 13.2. The van der Waals surface area contributed by atoms with Gasteiger partial charge in [0.1, 0.15) is 11.6 Å². The highest BCUT2D eigenvalue weighted by Gasteiger charge is 2.28. The number of halogens is 1. The second-order valence-corrected chi connectivity index (χ2v) is 9.78. The van der Waals surface area contributed by atoms with E-state index < -0.39 is 0 Å². The molecule has 1 aliphatic rings. The van der Waals surface area contributed by atoms with Crippen LogP contribution in [-0.4, -0.2) is 40.3 Å². The van der Waals surface area contributed by atoms with Crippen molar-refractivity contribution in [1.29, 1.82) is 0 Å². The zero-order chi connectivity index (χ0) is 26.5. The van der Waals surface area contributed by atoms with E-state index in [4.69, 9.17) is 4.74 Å². The average Bonchev–Trinajstić information content (AvgIpc) is 3.35. The molecule has 4 rings (SSSR count). The van der Waals surface area contributed by atoms with E-state index in [0.29, 0.717) is 0 Å². The van der Waals surface area contributed by atoms with Gasteiger partial charge in [-0.05, 0) is 92.1 Å². The molecule has 6 heteroatoms. The summed E-state index contributed by atoms with van der Waals surface area (Å²) in [7, 11) is 3.87. The molecule has 1 aliphatic heterocycles. The number of methoxy groups -OCH3 is 1. The summed E-state index contributed by atoms with van der Waals surface area (Å²) in [4.78, 5) is 4.36. The number of benzene rings is 2. The minimum atomic E-state index is -0.198. The maximum absolute atomic E-state index is 13.6. The fraction of sp³-hybridized carbons (Fsp3) is 0.387. The number of ether oxygens (including phenoxy) is 1. The summed E-state index contributed by atoms with van der Waals surface area (Å²) in [5.41, 5.74) is 8.18. The Bertz CT molecular complexity index is 1270. The Morgan fingerprint density at radius 2 is 1.95 bits per heavy atom. The minimum Gasteiger partial charge on any atom is -0.495 e. The fourth-order valence-corrected chi connectivity index (χ4v) is 5.25. The van der Waals surface area contributed by atoms with Gasteiger partial charge in [0.15, 0.2) is 0 Å². The van der Waals surface area contributed by atoms with Gasteiger partial charge in [0.05, 0.1) is 36.6 Å². The van der Waals surface area contributed by atoms with Gasteiger partial charge in [-0.2, -0.15) is 0 Å². The Kier molecular flexibility index (Phi) is 8.49. The predicted molar refractivity (Wildman–Crippen MR) is 149 cm³/mol. The van der Waals surface area contributed by atoms with E-state index in [2.05, 4.69) is 67.1 Å². The van der Waals surface area contributed by atoms with Gasteiger partial charge in [-0.15, -0.1) is 0 Å². The molecule has 2 heterocycles. The Labute approximate surface area is 220 Å². The highest BCUT2D eigenvalue weighted by Crippen LogP contribution is 2.37. The predicted octanol–water partition coefficient (Wildman–Crippen LogP) is 7.49. The van der Waals surface area contributed by atoms with Crippen LogP contribution in [0.25, 0.3) is 11.8 Å². The van der Waals surface area contributed by atoms with Crippen molar-refractivity contribution in [1.82, 2.24) is 19.6 Å². The quantitative estimate of drug-likeness (QED) is 0.320. The van der Waals surface area contributed by atoms with Crippen LogP contribution in [0.1, 0.15) is 69.3 Å². The lowest BCUT2D eigenvalue weighted by Gasteiger charge is -2.44. The first-order valence-electron chi connectivity index (χ1n) is 13.2. The van der Waals surface area contributed by atoms with Gasteiger partial charge in [0, 0.05) is 19.8 Å². The molecule has 2 aromatic carbocycles. The molecule has 0 radical (unpaired) electrons. The van der Waals surface area contributed by atoms with Crippen LogP contribution in [0.15, 0.2) is 71.8 Å². The van der Waals surface area contributed by atoms with Crippen LogP contribution in [0.2, 0.25) is 0 Å². The van der Waals surface area contributed by atoms with E-state index in [1.165, 1.54) is 16.8 Å². The van der Waals surface area contributed by atoms with Crippen molar-refractivity contribution in [3.8, 4) is 11.4 Å². The van der Waals surface area contributed by atoms with Crippen LogP contribution in [0.5, 0.6) is 5.75 Å². The molecule has 37 heavy (non-hydrogen) atoms. The lowest BCUT2D eigenvalue weighted by atomic mass is 9.94. The minimum absolute atomic E-state index is 0.164. The lowest BCUT2D eigenvalue weighted by Crippen LogP contribution is -2.44. The van der Waals surface area contributed by atoms with Gasteiger partial charge in [0.25, 0.3) is 0 Å². The van der Waals surface area contributed by atoms with E-state index in [1.807, 2.05) is 36.1 Å². The summed E-state index contributed by atoms with van der Waals surface area (Å²) in [5.74, 6) is 0.619. The van der Waals surface area contributed by atoms with Crippen LogP contribution in [0, 0.1) is 12.7 Å². The van der Waals surface area contributed by atoms with Gasteiger partial charge in [-0.1, -0.05) is 32.0 Å². The first kappa shape index (κ1) is 26.7. The van der Waals surface area contributed by atoms with Crippen LogP contribution < -0.4 is 4.74 Å². The standard InChI is InChI=1S/C31H39FN4O/c1-7-22(3)31-26(18-24-11-16-29(30(19-24)37-6)35-20-23(4)33-21-35)10-9-17-36(31)34(5)28(8-2)25-12-14-27(32)15-13-25/h11-16,18-21,28H,7-10,17H2,1-6H3. The van der Waals surface area contributed by atoms with E-state index in [0.717, 1.165) is 60.5 Å². The van der Waals surface area contributed by atoms with Crippen LogP contribution in [0.3, 0.4) is 0 Å². The summed E-state index contributed by atoms with van der Waals surface area (Å²) < 4.78 is 21.4. The van der Waals surface area contributed by atoms with E-state index in [-0.39, 0.29) is 11.9 Å². The number of aromatic nitrogens is 2. The maximum Gasteiger partial charge on any atom is 0.143 e. The van der Waals surface area contributed by atoms with Crippen molar-refractivity contribution in [2.24, 2.45) is 0 Å². The average molecular weight is 503 g/mol.